The molecule has 0 atom stereocenters. The maximum Gasteiger partial charge on any atom is 0.617 e. The summed E-state index contributed by atoms with van der Waals surface area (Å²) < 4.78 is 5.19. The van der Waals surface area contributed by atoms with E-state index in [0.717, 1.165) is 12.8 Å². The Morgan fingerprint density at radius 2 is 1.22 bits per heavy atom. The van der Waals surface area contributed by atoms with E-state index in [9.17, 15) is 4.79 Å². The van der Waals surface area contributed by atoms with Gasteiger partial charge in [-0.25, -0.2) is 4.99 Å². The Kier molecular flexibility index (Phi) is 18.9. The number of unbranched alkanes of at least 4 members (excludes halogenated alkanes) is 14. The number of nitrogens with one attached hydrogen (secondary N) is 1. The topological polar surface area (TPSA) is 115 Å². The first kappa shape index (κ1) is 25.9. The molecule has 0 aliphatic heterocycles. The van der Waals surface area contributed by atoms with Gasteiger partial charge in [0.1, 0.15) is 0 Å². The molecular weight excluding hydrogens is 355 g/mol. The first-order valence-electron chi connectivity index (χ1n) is 10.8. The van der Waals surface area contributed by atoms with Crippen LogP contribution in [0.3, 0.4) is 0 Å². The zero-order valence-corrected chi connectivity index (χ0v) is 18.5. The third-order valence-electron chi connectivity index (χ3n) is 4.55. The van der Waals surface area contributed by atoms with Crippen LogP contribution >= 0.6 is 0 Å². The normalized spacial score (nSPS) is 11.4. The lowest BCUT2D eigenvalue weighted by Gasteiger charge is -2.05. The van der Waals surface area contributed by atoms with Crippen molar-refractivity contribution in [2.45, 2.75) is 110 Å². The molecule has 0 heterocycles. The minimum Gasteiger partial charge on any atom is -0.617 e. The van der Waals surface area contributed by atoms with Gasteiger partial charge in [0.2, 0.25) is 5.96 Å². The van der Waals surface area contributed by atoms with Crippen LogP contribution in [0, 0.1) is 5.41 Å². The summed E-state index contributed by atoms with van der Waals surface area (Å²) in [5.41, 5.74) is 10.6. The van der Waals surface area contributed by atoms with Crippen LogP contribution < -0.4 is 11.5 Å². The lowest BCUT2D eigenvalue weighted by atomic mass is 10.0. The highest BCUT2D eigenvalue weighted by molar-refractivity contribution is 6.71. The summed E-state index contributed by atoms with van der Waals surface area (Å²) in [7, 11) is 0. The molecule has 27 heavy (non-hydrogen) atoms. The number of guanidine groups is 1. The van der Waals surface area contributed by atoms with Gasteiger partial charge in [-0.1, -0.05) is 96.8 Å². The molecule has 0 amide bonds. The molecule has 0 bridgehead atoms. The third kappa shape index (κ3) is 21.1. The van der Waals surface area contributed by atoms with E-state index < -0.39 is 15.6 Å². The highest BCUT2D eigenvalue weighted by Gasteiger charge is 2.09. The summed E-state index contributed by atoms with van der Waals surface area (Å²) in [6.45, 7) is 2.27. The lowest BCUT2D eigenvalue weighted by Crippen LogP contribution is -2.27. The molecule has 5 N–H and O–H groups in total. The Morgan fingerprint density at radius 1 is 0.815 bits per heavy atom. The summed E-state index contributed by atoms with van der Waals surface area (Å²) in [4.78, 5) is 15.1. The second-order valence-corrected chi connectivity index (χ2v) is 8.29. The fourth-order valence-corrected chi connectivity index (χ4v) is 3.55. The van der Waals surface area contributed by atoms with Gasteiger partial charge in [0.15, 0.2) is 0 Å². The number of nitrogens with zero attached hydrogens (tertiary/aromatic N) is 1. The van der Waals surface area contributed by atoms with Gasteiger partial charge < -0.3 is 15.3 Å². The van der Waals surface area contributed by atoms with Crippen LogP contribution in [-0.4, -0.2) is 32.2 Å². The molecule has 7 heteroatoms. The average Bonchev–Trinajstić information content (AvgIpc) is 2.62. The van der Waals surface area contributed by atoms with Crippen molar-refractivity contribution in [1.29, 1.82) is 5.41 Å². The first-order chi connectivity index (χ1) is 13.1. The van der Waals surface area contributed by atoms with Crippen molar-refractivity contribution in [1.82, 2.24) is 0 Å². The summed E-state index contributed by atoms with van der Waals surface area (Å²) in [5, 5.41) is 6.97. The van der Waals surface area contributed by atoms with Gasteiger partial charge in [-0.05, 0) is 6.42 Å². The highest BCUT2D eigenvalue weighted by atomic mass is 27.1. The molecule has 0 saturated heterocycles. The fraction of sp³-hybridized carbons (Fsp3) is 0.850. The van der Waals surface area contributed by atoms with Crippen LogP contribution in [0.2, 0.25) is 0 Å². The number of carbonyl (C=O) groups is 1. The van der Waals surface area contributed by atoms with Crippen molar-refractivity contribution in [3.8, 4) is 0 Å². The Labute approximate surface area is 172 Å². The smallest absolute Gasteiger partial charge is 0.617 e. The van der Waals surface area contributed by atoms with E-state index in [2.05, 4.69) is 11.9 Å². The summed E-state index contributed by atoms with van der Waals surface area (Å²) in [6.07, 6.45) is 20.0. The number of amidine groups is 1. The van der Waals surface area contributed by atoms with Crippen molar-refractivity contribution >= 4 is 32.2 Å². The van der Waals surface area contributed by atoms with E-state index >= 15 is 0 Å². The molecule has 0 aromatic heterocycles. The summed E-state index contributed by atoms with van der Waals surface area (Å²) >= 11 is -0.858. The minimum atomic E-state index is -0.858. The van der Waals surface area contributed by atoms with Crippen molar-refractivity contribution in [2.24, 2.45) is 16.5 Å². The van der Waals surface area contributed by atoms with Crippen LogP contribution in [0.1, 0.15) is 110 Å². The molecular formula is C20H40AlN4O2. The SMILES string of the molecule is CCCCCCCCCCCCCCCCCC(=O)[O][Al][C](N)=NC(=N)N. The fourth-order valence-electron chi connectivity index (χ4n) is 2.99. The molecule has 0 aromatic rings. The van der Waals surface area contributed by atoms with E-state index in [-0.39, 0.29) is 16.6 Å². The van der Waals surface area contributed by atoms with Crippen LogP contribution in [0.15, 0.2) is 4.99 Å². The van der Waals surface area contributed by atoms with E-state index in [4.69, 9.17) is 20.7 Å². The van der Waals surface area contributed by atoms with Crippen molar-refractivity contribution in [2.75, 3.05) is 0 Å². The standard InChI is InChI=1S/C18H36O2.C2H5N4.Al/c1-2-3-4-5-6-7-8-9-10-11-12-13-14-15-16-17-18(19)20;3-1-6-2(4)5;/h2-17H2,1H3,(H,19,20);(H5,3,4,5,6);/q;;+1/p-1. The van der Waals surface area contributed by atoms with Crippen molar-refractivity contribution in [3.63, 3.8) is 0 Å². The van der Waals surface area contributed by atoms with Gasteiger partial charge >= 0.3 is 15.6 Å². The van der Waals surface area contributed by atoms with Gasteiger partial charge in [0, 0.05) is 6.42 Å². The van der Waals surface area contributed by atoms with Crippen LogP contribution in [0.25, 0.3) is 0 Å². The Hall–Kier alpha value is -1.06. The van der Waals surface area contributed by atoms with Gasteiger partial charge in [-0.2, -0.15) is 0 Å². The molecule has 0 aliphatic rings. The predicted molar refractivity (Wildman–Crippen MR) is 115 cm³/mol. The largest absolute Gasteiger partial charge is 0.617 e. The maximum absolute atomic E-state index is 11.6. The molecule has 0 spiro atoms. The first-order valence-corrected chi connectivity index (χ1v) is 11.8. The molecule has 0 saturated carbocycles. The van der Waals surface area contributed by atoms with E-state index in [1.165, 1.54) is 83.5 Å². The molecule has 0 aromatic carbocycles. The molecule has 6 nitrogen and oxygen atoms in total. The number of hydrogen-bond acceptors (Lipinski definition) is 3. The Bertz CT molecular complexity index is 417. The predicted octanol–water partition coefficient (Wildman–Crippen LogP) is 4.62. The number of carbonyl (C=O) groups excluding carboxylic acids is 1. The highest BCUT2D eigenvalue weighted by Crippen LogP contribution is 2.13. The average molecular weight is 396 g/mol. The zero-order chi connectivity index (χ0) is 20.2. The number of rotatable bonds is 18. The second kappa shape index (κ2) is 19.7. The van der Waals surface area contributed by atoms with E-state index in [1.807, 2.05) is 0 Å². The van der Waals surface area contributed by atoms with Crippen LogP contribution in [0.5, 0.6) is 0 Å². The van der Waals surface area contributed by atoms with Gasteiger partial charge in [0.05, 0.1) is 4.70 Å². The van der Waals surface area contributed by atoms with E-state index in [0.29, 0.717) is 6.42 Å². The zero-order valence-electron chi connectivity index (χ0n) is 17.3. The van der Waals surface area contributed by atoms with E-state index in [1.54, 1.807) is 0 Å². The molecule has 0 unspecified atom stereocenters. The molecule has 0 fully saturated rings. The minimum absolute atomic E-state index is 0.132. The molecule has 155 valence electrons. The summed E-state index contributed by atoms with van der Waals surface area (Å²) in [5.74, 6) is -0.597. The number of nitrogens with two attached hydrogens (primary N) is 2. The van der Waals surface area contributed by atoms with Gasteiger partial charge in [0.25, 0.3) is 5.97 Å². The van der Waals surface area contributed by atoms with Crippen LogP contribution in [0.4, 0.5) is 0 Å². The molecule has 0 aliphatic carbocycles. The molecule has 0 rings (SSSR count). The van der Waals surface area contributed by atoms with Crippen molar-refractivity contribution < 1.29 is 8.58 Å². The van der Waals surface area contributed by atoms with Gasteiger partial charge in [-0.15, -0.1) is 0 Å². The van der Waals surface area contributed by atoms with Crippen molar-refractivity contribution in [3.05, 3.63) is 0 Å². The lowest BCUT2D eigenvalue weighted by molar-refractivity contribution is -0.134. The van der Waals surface area contributed by atoms with Gasteiger partial charge in [-0.3, -0.25) is 10.2 Å². The monoisotopic (exact) mass is 395 g/mol. The third-order valence-corrected chi connectivity index (χ3v) is 5.30. The maximum atomic E-state index is 11.6. The Morgan fingerprint density at radius 3 is 1.63 bits per heavy atom. The Balaban J connectivity index is 3.26. The summed E-state index contributed by atoms with van der Waals surface area (Å²) in [6, 6.07) is 0. The van der Waals surface area contributed by atoms with Crippen LogP contribution in [-0.2, 0) is 8.58 Å². The number of hydrogen-bond donors (Lipinski definition) is 3. The quantitative estimate of drug-likeness (QED) is 0.136. The molecule has 1 radical (unpaired) electrons. The second-order valence-electron chi connectivity index (χ2n) is 7.23. The number of aliphatic imine (C=N–C) groups is 1.